The number of carbonyl (C=O) groups excluding carboxylic acids is 1. The van der Waals surface area contributed by atoms with Crippen LogP contribution in [0.4, 0.5) is 0 Å². The van der Waals surface area contributed by atoms with Crippen molar-refractivity contribution in [2.75, 3.05) is 0 Å². The zero-order valence-corrected chi connectivity index (χ0v) is 12.9. The normalized spacial score (nSPS) is 11.4. The van der Waals surface area contributed by atoms with E-state index in [1.807, 2.05) is 0 Å². The summed E-state index contributed by atoms with van der Waals surface area (Å²) in [7, 11) is -4.14. The first kappa shape index (κ1) is 15.7. The lowest BCUT2D eigenvalue weighted by atomic mass is 9.99. The number of rotatable bonds is 4. The zero-order valence-electron chi connectivity index (χ0n) is 12.0. The third-order valence-electron chi connectivity index (χ3n) is 3.21. The Morgan fingerprint density at radius 1 is 1.21 bits per heavy atom. The molecule has 0 fully saturated rings. The van der Waals surface area contributed by atoms with Crippen LogP contribution in [0.25, 0.3) is 22.5 Å². The van der Waals surface area contributed by atoms with Crippen molar-refractivity contribution in [1.29, 1.82) is 0 Å². The van der Waals surface area contributed by atoms with Crippen LogP contribution in [0.1, 0.15) is 10.4 Å². The number of aromatic nitrogens is 5. The highest BCUT2D eigenvalue weighted by molar-refractivity contribution is 7.89. The van der Waals surface area contributed by atoms with E-state index in [-0.39, 0.29) is 17.0 Å². The summed E-state index contributed by atoms with van der Waals surface area (Å²) < 4.78 is 23.7. The van der Waals surface area contributed by atoms with Crippen LogP contribution in [0.5, 0.6) is 0 Å². The van der Waals surface area contributed by atoms with Crippen LogP contribution in [0.3, 0.4) is 0 Å². The lowest BCUT2D eigenvalue weighted by Gasteiger charge is -2.11. The molecule has 1 amide bonds. The number of nitrogens with two attached hydrogens (primary N) is 2. The molecule has 2 aromatic heterocycles. The minimum absolute atomic E-state index is 0.00611. The van der Waals surface area contributed by atoms with Crippen LogP contribution in [0.2, 0.25) is 0 Å². The molecular weight excluding hydrogens is 334 g/mol. The van der Waals surface area contributed by atoms with E-state index < -0.39 is 21.0 Å². The number of nitrogens with zero attached hydrogens (tertiary/aromatic N) is 4. The molecule has 0 saturated carbocycles. The summed E-state index contributed by atoms with van der Waals surface area (Å²) in [5, 5.41) is 18.1. The SMILES string of the molecule is NC(=O)c1cccc(-c2ccnc(S(N)(=O)=O)c2-c2nn[nH]n2)c1. The van der Waals surface area contributed by atoms with Gasteiger partial charge < -0.3 is 5.73 Å². The van der Waals surface area contributed by atoms with Gasteiger partial charge >= 0.3 is 0 Å². The van der Waals surface area contributed by atoms with Gasteiger partial charge in [-0.3, -0.25) is 4.79 Å². The molecule has 1 aromatic carbocycles. The molecule has 10 nitrogen and oxygen atoms in total. The highest BCUT2D eigenvalue weighted by atomic mass is 32.2. The average Bonchev–Trinajstić information content (AvgIpc) is 3.07. The maximum Gasteiger partial charge on any atom is 0.256 e. The van der Waals surface area contributed by atoms with Crippen LogP contribution in [0.15, 0.2) is 41.6 Å². The number of nitrogens with one attached hydrogen (secondary N) is 1. The molecular formula is C13H11N7O3S. The maximum absolute atomic E-state index is 11.9. The van der Waals surface area contributed by atoms with Crippen molar-refractivity contribution in [2.24, 2.45) is 10.9 Å². The Hall–Kier alpha value is -3.18. The minimum Gasteiger partial charge on any atom is -0.366 e. The maximum atomic E-state index is 11.9. The van der Waals surface area contributed by atoms with Gasteiger partial charge in [-0.25, -0.2) is 18.5 Å². The molecule has 0 aliphatic carbocycles. The van der Waals surface area contributed by atoms with Crippen molar-refractivity contribution in [3.05, 3.63) is 42.1 Å². The molecule has 0 aliphatic rings. The Morgan fingerprint density at radius 2 is 2.00 bits per heavy atom. The Labute approximate surface area is 136 Å². The van der Waals surface area contributed by atoms with E-state index in [0.717, 1.165) is 0 Å². The molecule has 122 valence electrons. The predicted molar refractivity (Wildman–Crippen MR) is 82.7 cm³/mol. The summed E-state index contributed by atoms with van der Waals surface area (Å²) in [6.07, 6.45) is 1.29. The van der Waals surface area contributed by atoms with Crippen LogP contribution in [0, 0.1) is 0 Å². The van der Waals surface area contributed by atoms with Gasteiger partial charge in [-0.1, -0.05) is 12.1 Å². The Bertz CT molecular complexity index is 1020. The number of sulfonamides is 1. The van der Waals surface area contributed by atoms with Crippen LogP contribution in [-0.4, -0.2) is 39.9 Å². The van der Waals surface area contributed by atoms with Crippen molar-refractivity contribution in [3.8, 4) is 22.5 Å². The molecule has 0 bridgehead atoms. The topological polar surface area (TPSA) is 171 Å². The summed E-state index contributed by atoms with van der Waals surface area (Å²) in [6.45, 7) is 0. The van der Waals surface area contributed by atoms with Crippen LogP contribution >= 0.6 is 0 Å². The van der Waals surface area contributed by atoms with Crippen molar-refractivity contribution in [3.63, 3.8) is 0 Å². The van der Waals surface area contributed by atoms with E-state index in [9.17, 15) is 13.2 Å². The number of pyridine rings is 1. The number of amides is 1. The Morgan fingerprint density at radius 3 is 2.62 bits per heavy atom. The van der Waals surface area contributed by atoms with Crippen molar-refractivity contribution in [1.82, 2.24) is 25.6 Å². The van der Waals surface area contributed by atoms with Gasteiger partial charge in [0.2, 0.25) is 11.7 Å². The summed E-state index contributed by atoms with van der Waals surface area (Å²) in [5.74, 6) is -0.606. The van der Waals surface area contributed by atoms with E-state index in [2.05, 4.69) is 25.6 Å². The van der Waals surface area contributed by atoms with Gasteiger partial charge in [-0.15, -0.1) is 10.2 Å². The second-order valence-electron chi connectivity index (χ2n) is 4.76. The van der Waals surface area contributed by atoms with Crippen molar-refractivity contribution in [2.45, 2.75) is 5.03 Å². The molecule has 0 atom stereocenters. The smallest absolute Gasteiger partial charge is 0.256 e. The number of benzene rings is 1. The van der Waals surface area contributed by atoms with Crippen LogP contribution < -0.4 is 10.9 Å². The zero-order chi connectivity index (χ0) is 17.3. The number of primary amides is 1. The largest absolute Gasteiger partial charge is 0.366 e. The first-order valence-corrected chi connectivity index (χ1v) is 8.08. The van der Waals surface area contributed by atoms with E-state index in [1.54, 1.807) is 24.3 Å². The Balaban J connectivity index is 2.33. The summed E-state index contributed by atoms with van der Waals surface area (Å²) in [4.78, 5) is 15.2. The Kier molecular flexibility index (Phi) is 3.79. The lowest BCUT2D eigenvalue weighted by Crippen LogP contribution is -2.16. The number of hydrogen-bond acceptors (Lipinski definition) is 7. The molecule has 0 spiro atoms. The third-order valence-corrected chi connectivity index (χ3v) is 4.06. The summed E-state index contributed by atoms with van der Waals surface area (Å²) in [6, 6.07) is 7.92. The fourth-order valence-electron chi connectivity index (χ4n) is 2.22. The summed E-state index contributed by atoms with van der Waals surface area (Å²) >= 11 is 0. The van der Waals surface area contributed by atoms with Gasteiger partial charge in [0.1, 0.15) is 0 Å². The highest BCUT2D eigenvalue weighted by Gasteiger charge is 2.24. The molecule has 0 unspecified atom stereocenters. The molecule has 5 N–H and O–H groups in total. The first-order chi connectivity index (χ1) is 11.4. The minimum atomic E-state index is -4.14. The highest BCUT2D eigenvalue weighted by Crippen LogP contribution is 2.33. The quantitative estimate of drug-likeness (QED) is 0.581. The van der Waals surface area contributed by atoms with Crippen molar-refractivity contribution >= 4 is 15.9 Å². The van der Waals surface area contributed by atoms with Gasteiger partial charge in [-0.05, 0) is 34.5 Å². The number of aromatic amines is 1. The molecule has 0 saturated heterocycles. The van der Waals surface area contributed by atoms with Gasteiger partial charge in [-0.2, -0.15) is 5.21 Å². The van der Waals surface area contributed by atoms with Gasteiger partial charge in [0.05, 0.1) is 5.56 Å². The monoisotopic (exact) mass is 345 g/mol. The standard InChI is InChI=1S/C13H11N7O3S/c14-11(21)8-3-1-2-7(6-8)9-4-5-16-13(24(15,22)23)10(9)12-17-19-20-18-12/h1-6H,(H2,14,21)(H2,15,22,23)(H,17,18,19,20). The molecule has 11 heteroatoms. The van der Waals surface area contributed by atoms with Gasteiger partial charge in [0.15, 0.2) is 5.03 Å². The number of tetrazole rings is 1. The summed E-state index contributed by atoms with van der Waals surface area (Å²) in [5.41, 5.74) is 6.57. The van der Waals surface area contributed by atoms with Crippen molar-refractivity contribution < 1.29 is 13.2 Å². The predicted octanol–water partition coefficient (Wildman–Crippen LogP) is -0.325. The molecule has 3 aromatic rings. The van der Waals surface area contributed by atoms with E-state index in [4.69, 9.17) is 10.9 Å². The average molecular weight is 345 g/mol. The first-order valence-electron chi connectivity index (χ1n) is 6.54. The van der Waals surface area contributed by atoms with Gasteiger partial charge in [0, 0.05) is 11.8 Å². The molecule has 2 heterocycles. The van der Waals surface area contributed by atoms with Crippen LogP contribution in [-0.2, 0) is 10.0 Å². The third kappa shape index (κ3) is 2.85. The van der Waals surface area contributed by atoms with Gasteiger partial charge in [0.25, 0.3) is 10.0 Å². The van der Waals surface area contributed by atoms with E-state index >= 15 is 0 Å². The molecule has 3 rings (SSSR count). The van der Waals surface area contributed by atoms with E-state index in [0.29, 0.717) is 11.1 Å². The number of H-pyrrole nitrogens is 1. The number of carbonyl (C=O) groups is 1. The number of primary sulfonamides is 1. The molecule has 0 radical (unpaired) electrons. The molecule has 24 heavy (non-hydrogen) atoms. The molecule has 0 aliphatic heterocycles. The second kappa shape index (κ2) is 5.79. The van der Waals surface area contributed by atoms with E-state index in [1.165, 1.54) is 12.3 Å². The fourth-order valence-corrected chi connectivity index (χ4v) is 2.92. The second-order valence-corrected chi connectivity index (χ2v) is 6.24. The lowest BCUT2D eigenvalue weighted by molar-refractivity contribution is 0.100. The number of hydrogen-bond donors (Lipinski definition) is 3. The fraction of sp³-hybridized carbons (Fsp3) is 0.